The number of carboxylic acids is 1. The van der Waals surface area contributed by atoms with Gasteiger partial charge in [0.25, 0.3) is 0 Å². The first-order valence-corrected chi connectivity index (χ1v) is 10.2. The lowest BCUT2D eigenvalue weighted by Crippen LogP contribution is -2.21. The maximum absolute atomic E-state index is 10.8. The summed E-state index contributed by atoms with van der Waals surface area (Å²) in [6.45, 7) is 2.23. The van der Waals surface area contributed by atoms with Crippen LogP contribution in [-0.4, -0.2) is 22.3 Å². The highest BCUT2D eigenvalue weighted by atomic mass is 16.4. The molecule has 26 heavy (non-hydrogen) atoms. The van der Waals surface area contributed by atoms with E-state index in [9.17, 15) is 9.90 Å². The van der Waals surface area contributed by atoms with Crippen molar-refractivity contribution in [1.29, 1.82) is 0 Å². The van der Waals surface area contributed by atoms with Crippen LogP contribution in [0.3, 0.4) is 0 Å². The fourth-order valence-corrected chi connectivity index (χ4v) is 4.80. The van der Waals surface area contributed by atoms with Crippen LogP contribution < -0.4 is 0 Å². The van der Waals surface area contributed by atoms with Crippen molar-refractivity contribution in [2.24, 2.45) is 23.7 Å². The Morgan fingerprint density at radius 3 is 2.85 bits per heavy atom. The summed E-state index contributed by atoms with van der Waals surface area (Å²) >= 11 is 0. The lowest BCUT2D eigenvalue weighted by molar-refractivity contribution is -0.136. The maximum atomic E-state index is 10.8. The number of rotatable bonds is 10. The number of hydrogen-bond donors (Lipinski definition) is 2. The third-order valence-electron chi connectivity index (χ3n) is 6.22. The van der Waals surface area contributed by atoms with E-state index in [0.717, 1.165) is 18.4 Å². The Labute approximate surface area is 157 Å². The molecule has 0 bridgehead atoms. The van der Waals surface area contributed by atoms with E-state index in [4.69, 9.17) is 5.11 Å². The molecule has 3 rings (SSSR count). The molecule has 1 aromatic carbocycles. The Balaban J connectivity index is 1.54. The zero-order valence-corrected chi connectivity index (χ0v) is 15.8. The molecule has 3 heteroatoms. The normalized spacial score (nSPS) is 29.8. The van der Waals surface area contributed by atoms with E-state index in [1.165, 1.54) is 31.2 Å². The molecule has 2 saturated carbocycles. The average molecular weight is 357 g/mol. The molecule has 1 aromatic rings. The first-order chi connectivity index (χ1) is 12.6. The lowest BCUT2D eigenvalue weighted by atomic mass is 9.89. The monoisotopic (exact) mass is 356 g/mol. The SMILES string of the molecule is CCCCC/C=C/C1C2CC(O)C(Cc3cccc(CCC(=O)O)c3)C12. The van der Waals surface area contributed by atoms with Crippen LogP contribution in [0, 0.1) is 23.7 Å². The van der Waals surface area contributed by atoms with Gasteiger partial charge in [0, 0.05) is 6.42 Å². The second-order valence-corrected chi connectivity index (χ2v) is 8.13. The van der Waals surface area contributed by atoms with E-state index in [1.807, 2.05) is 12.1 Å². The summed E-state index contributed by atoms with van der Waals surface area (Å²) in [5.74, 6) is 1.57. The molecule has 0 aliphatic heterocycles. The van der Waals surface area contributed by atoms with Crippen LogP contribution in [0.2, 0.25) is 0 Å². The molecule has 0 spiro atoms. The van der Waals surface area contributed by atoms with Crippen molar-refractivity contribution in [1.82, 2.24) is 0 Å². The molecule has 3 nitrogen and oxygen atoms in total. The molecule has 5 unspecified atom stereocenters. The number of hydrogen-bond acceptors (Lipinski definition) is 2. The van der Waals surface area contributed by atoms with Gasteiger partial charge in [0.1, 0.15) is 0 Å². The van der Waals surface area contributed by atoms with Gasteiger partial charge in [-0.05, 0) is 66.9 Å². The van der Waals surface area contributed by atoms with Crippen molar-refractivity contribution in [2.75, 3.05) is 0 Å². The van der Waals surface area contributed by atoms with Crippen molar-refractivity contribution in [2.45, 2.75) is 64.4 Å². The minimum Gasteiger partial charge on any atom is -0.481 e. The zero-order valence-electron chi connectivity index (χ0n) is 15.8. The van der Waals surface area contributed by atoms with Gasteiger partial charge in [0.2, 0.25) is 0 Å². The number of aliphatic hydroxyl groups excluding tert-OH is 1. The van der Waals surface area contributed by atoms with Crippen LogP contribution in [0.25, 0.3) is 0 Å². The second kappa shape index (κ2) is 8.85. The molecule has 5 atom stereocenters. The highest BCUT2D eigenvalue weighted by molar-refractivity contribution is 5.67. The van der Waals surface area contributed by atoms with E-state index in [-0.39, 0.29) is 12.5 Å². The summed E-state index contributed by atoms with van der Waals surface area (Å²) in [5.41, 5.74) is 2.31. The van der Waals surface area contributed by atoms with Crippen molar-refractivity contribution in [3.05, 3.63) is 47.5 Å². The lowest BCUT2D eigenvalue weighted by Gasteiger charge is -2.19. The zero-order chi connectivity index (χ0) is 18.5. The van der Waals surface area contributed by atoms with Gasteiger partial charge in [-0.3, -0.25) is 4.79 Å². The number of fused-ring (bicyclic) bond motifs is 1. The first-order valence-electron chi connectivity index (χ1n) is 10.2. The Morgan fingerprint density at radius 2 is 2.08 bits per heavy atom. The van der Waals surface area contributed by atoms with Gasteiger partial charge in [-0.1, -0.05) is 56.2 Å². The molecule has 2 fully saturated rings. The molecular weight excluding hydrogens is 324 g/mol. The summed E-state index contributed by atoms with van der Waals surface area (Å²) in [5, 5.41) is 19.3. The second-order valence-electron chi connectivity index (χ2n) is 8.13. The van der Waals surface area contributed by atoms with Crippen LogP contribution in [0.1, 0.15) is 56.6 Å². The van der Waals surface area contributed by atoms with Gasteiger partial charge < -0.3 is 10.2 Å². The number of unbranched alkanes of at least 4 members (excludes halogenated alkanes) is 3. The summed E-state index contributed by atoms with van der Waals surface area (Å²) < 4.78 is 0. The van der Waals surface area contributed by atoms with Crippen molar-refractivity contribution >= 4 is 5.97 Å². The predicted molar refractivity (Wildman–Crippen MR) is 104 cm³/mol. The van der Waals surface area contributed by atoms with E-state index in [2.05, 4.69) is 31.2 Å². The molecule has 0 heterocycles. The van der Waals surface area contributed by atoms with E-state index < -0.39 is 5.97 Å². The minimum absolute atomic E-state index is 0.172. The standard InChI is InChI=1S/C23H32O3/c1-2-3-4-5-6-10-18-19-15-21(24)20(23(18)19)14-17-9-7-8-16(13-17)11-12-22(25)26/h6-10,13,18-21,23-24H,2-5,11-12,14-15H2,1H3,(H,25,26)/b10-6+. The van der Waals surface area contributed by atoms with Crippen LogP contribution in [0.15, 0.2) is 36.4 Å². The summed E-state index contributed by atoms with van der Waals surface area (Å²) in [6.07, 6.45) is 12.2. The van der Waals surface area contributed by atoms with E-state index in [1.54, 1.807) is 0 Å². The number of aryl methyl sites for hydroxylation is 1. The highest BCUT2D eigenvalue weighted by Crippen LogP contribution is 2.61. The third kappa shape index (κ3) is 4.76. The van der Waals surface area contributed by atoms with Crippen molar-refractivity contribution in [3.63, 3.8) is 0 Å². The number of carboxylic acid groups (broad SMARTS) is 1. The van der Waals surface area contributed by atoms with Gasteiger partial charge in [-0.15, -0.1) is 0 Å². The Bertz CT molecular complexity index is 636. The Hall–Kier alpha value is -1.61. The molecule has 142 valence electrons. The van der Waals surface area contributed by atoms with E-state index >= 15 is 0 Å². The fourth-order valence-electron chi connectivity index (χ4n) is 4.80. The molecule has 0 aromatic heterocycles. The predicted octanol–water partition coefficient (Wildman–Crippen LogP) is 4.63. The van der Waals surface area contributed by atoms with Crippen LogP contribution in [0.5, 0.6) is 0 Å². The molecular formula is C23H32O3. The van der Waals surface area contributed by atoms with Gasteiger partial charge in [-0.2, -0.15) is 0 Å². The average Bonchev–Trinajstić information content (AvgIpc) is 3.18. The maximum Gasteiger partial charge on any atom is 0.303 e. The van der Waals surface area contributed by atoms with Crippen molar-refractivity contribution < 1.29 is 15.0 Å². The molecule has 2 aliphatic rings. The van der Waals surface area contributed by atoms with Gasteiger partial charge in [-0.25, -0.2) is 0 Å². The minimum atomic E-state index is -0.754. The van der Waals surface area contributed by atoms with Gasteiger partial charge in [0.15, 0.2) is 0 Å². The summed E-state index contributed by atoms with van der Waals surface area (Å²) in [6, 6.07) is 8.26. The Morgan fingerprint density at radius 1 is 1.27 bits per heavy atom. The van der Waals surface area contributed by atoms with E-state index in [0.29, 0.717) is 30.1 Å². The molecule has 2 N–H and O–H groups in total. The van der Waals surface area contributed by atoms with Crippen LogP contribution in [0.4, 0.5) is 0 Å². The number of carbonyl (C=O) groups is 1. The molecule has 0 saturated heterocycles. The quantitative estimate of drug-likeness (QED) is 0.475. The summed E-state index contributed by atoms with van der Waals surface area (Å²) in [4.78, 5) is 10.8. The first kappa shape index (κ1) is 19.2. The molecule has 0 amide bonds. The largest absolute Gasteiger partial charge is 0.481 e. The van der Waals surface area contributed by atoms with Gasteiger partial charge in [0.05, 0.1) is 6.10 Å². The van der Waals surface area contributed by atoms with Gasteiger partial charge >= 0.3 is 5.97 Å². The highest BCUT2D eigenvalue weighted by Gasteiger charge is 2.59. The Kier molecular flexibility index (Phi) is 6.53. The van der Waals surface area contributed by atoms with Crippen LogP contribution >= 0.6 is 0 Å². The number of aliphatic carboxylic acids is 1. The topological polar surface area (TPSA) is 57.5 Å². The van der Waals surface area contributed by atoms with Crippen LogP contribution in [-0.2, 0) is 17.6 Å². The number of allylic oxidation sites excluding steroid dienone is 2. The fraction of sp³-hybridized carbons (Fsp3) is 0.609. The smallest absolute Gasteiger partial charge is 0.303 e. The number of aliphatic hydroxyl groups is 1. The molecule has 2 aliphatic carbocycles. The molecule has 0 radical (unpaired) electrons. The third-order valence-corrected chi connectivity index (χ3v) is 6.22. The van der Waals surface area contributed by atoms with Crippen molar-refractivity contribution in [3.8, 4) is 0 Å². The summed E-state index contributed by atoms with van der Waals surface area (Å²) in [7, 11) is 0. The number of benzene rings is 1.